The lowest BCUT2D eigenvalue weighted by atomic mass is 10.2. The smallest absolute Gasteiger partial charge is 0.0646 e. The quantitative estimate of drug-likeness (QED) is 0.645. The van der Waals surface area contributed by atoms with Crippen LogP contribution in [0.1, 0.15) is 19.8 Å². The zero-order valence-corrected chi connectivity index (χ0v) is 8.23. The molecule has 3 nitrogen and oxygen atoms in total. The van der Waals surface area contributed by atoms with Crippen LogP contribution in [0, 0.1) is 0 Å². The van der Waals surface area contributed by atoms with Crippen molar-refractivity contribution >= 4 is 17.5 Å². The number of nitrogens with zero attached hydrogens (tertiary/aromatic N) is 1. The second-order valence-electron chi connectivity index (χ2n) is 3.05. The number of rotatable bonds is 3. The van der Waals surface area contributed by atoms with Gasteiger partial charge in [0.2, 0.25) is 0 Å². The molecule has 0 bridgehead atoms. The fraction of sp³-hybridized carbons (Fsp3) is 0.875. The Morgan fingerprint density at radius 3 is 3.17 bits per heavy atom. The van der Waals surface area contributed by atoms with E-state index in [0.717, 1.165) is 12.2 Å². The van der Waals surface area contributed by atoms with Crippen LogP contribution in [0.4, 0.5) is 0 Å². The van der Waals surface area contributed by atoms with Crippen LogP contribution in [0.3, 0.4) is 0 Å². The van der Waals surface area contributed by atoms with Crippen molar-refractivity contribution in [2.45, 2.75) is 25.8 Å². The molecule has 0 spiro atoms. The molecule has 0 saturated carbocycles. The summed E-state index contributed by atoms with van der Waals surface area (Å²) >= 11 is 1.93. The van der Waals surface area contributed by atoms with Gasteiger partial charge in [-0.3, -0.25) is 0 Å². The minimum atomic E-state index is 0.0735. The normalized spacial score (nSPS) is 24.0. The molecule has 0 amide bonds. The second-order valence-corrected chi connectivity index (χ2v) is 4.15. The first-order valence-corrected chi connectivity index (χ1v) is 5.48. The van der Waals surface area contributed by atoms with E-state index in [1.807, 2.05) is 18.7 Å². The van der Waals surface area contributed by atoms with Crippen molar-refractivity contribution in [2.24, 2.45) is 5.10 Å². The summed E-state index contributed by atoms with van der Waals surface area (Å²) in [5.41, 5.74) is 4.15. The maximum Gasteiger partial charge on any atom is 0.0646 e. The summed E-state index contributed by atoms with van der Waals surface area (Å²) in [5, 5.41) is 13.0. The predicted octanol–water partition coefficient (Wildman–Crippen LogP) is 0.840. The first-order valence-electron chi connectivity index (χ1n) is 4.32. The summed E-state index contributed by atoms with van der Waals surface area (Å²) < 4.78 is 0. The molecule has 0 aromatic carbocycles. The van der Waals surface area contributed by atoms with E-state index in [1.54, 1.807) is 0 Å². The van der Waals surface area contributed by atoms with E-state index in [1.165, 1.54) is 17.9 Å². The molecule has 1 heterocycles. The van der Waals surface area contributed by atoms with Crippen molar-refractivity contribution in [3.05, 3.63) is 0 Å². The molecular weight excluding hydrogens is 172 g/mol. The van der Waals surface area contributed by atoms with E-state index in [2.05, 4.69) is 10.5 Å². The molecule has 70 valence electrons. The molecular formula is C8H16N2OS. The standard InChI is InChI=1S/C8H16N2OS/c1-7(5-11)9-10-8-3-2-4-12-6-8/h7,9,11H,2-6H2,1H3/b10-8+. The third kappa shape index (κ3) is 3.45. The van der Waals surface area contributed by atoms with E-state index >= 15 is 0 Å². The van der Waals surface area contributed by atoms with Crippen LogP contribution in [-0.2, 0) is 0 Å². The van der Waals surface area contributed by atoms with Crippen molar-refractivity contribution in [1.82, 2.24) is 5.43 Å². The van der Waals surface area contributed by atoms with E-state index in [9.17, 15) is 0 Å². The van der Waals surface area contributed by atoms with Gasteiger partial charge in [0.25, 0.3) is 0 Å². The van der Waals surface area contributed by atoms with E-state index in [0.29, 0.717) is 0 Å². The van der Waals surface area contributed by atoms with E-state index in [-0.39, 0.29) is 12.6 Å². The van der Waals surface area contributed by atoms with Crippen LogP contribution in [0.25, 0.3) is 0 Å². The van der Waals surface area contributed by atoms with E-state index in [4.69, 9.17) is 5.11 Å². The van der Waals surface area contributed by atoms with Gasteiger partial charge in [-0.15, -0.1) is 0 Å². The summed E-state index contributed by atoms with van der Waals surface area (Å²) in [6.45, 7) is 2.06. The Hall–Kier alpha value is -0.220. The van der Waals surface area contributed by atoms with Gasteiger partial charge < -0.3 is 10.5 Å². The molecule has 0 aromatic heterocycles. The molecule has 1 saturated heterocycles. The highest BCUT2D eigenvalue weighted by Crippen LogP contribution is 2.13. The molecule has 1 atom stereocenters. The fourth-order valence-electron chi connectivity index (χ4n) is 0.971. The molecule has 1 aliphatic heterocycles. The van der Waals surface area contributed by atoms with Crippen molar-refractivity contribution in [1.29, 1.82) is 0 Å². The fourth-order valence-corrected chi connectivity index (χ4v) is 1.91. The molecule has 2 N–H and O–H groups in total. The first kappa shape index (κ1) is 9.86. The monoisotopic (exact) mass is 188 g/mol. The van der Waals surface area contributed by atoms with Gasteiger partial charge in [0.1, 0.15) is 0 Å². The lowest BCUT2D eigenvalue weighted by Gasteiger charge is -2.14. The summed E-state index contributed by atoms with van der Waals surface area (Å²) in [7, 11) is 0. The van der Waals surface area contributed by atoms with Crippen LogP contribution < -0.4 is 5.43 Å². The molecule has 4 heteroatoms. The molecule has 1 unspecified atom stereocenters. The third-order valence-corrected chi connectivity index (χ3v) is 2.85. The zero-order valence-electron chi connectivity index (χ0n) is 7.42. The minimum absolute atomic E-state index is 0.0735. The molecule has 0 aliphatic carbocycles. The lowest BCUT2D eigenvalue weighted by Crippen LogP contribution is -2.26. The predicted molar refractivity (Wildman–Crippen MR) is 53.7 cm³/mol. The van der Waals surface area contributed by atoms with E-state index < -0.39 is 0 Å². The maximum atomic E-state index is 8.73. The topological polar surface area (TPSA) is 44.6 Å². The van der Waals surface area contributed by atoms with Gasteiger partial charge in [0.05, 0.1) is 12.6 Å². The Morgan fingerprint density at radius 2 is 2.58 bits per heavy atom. The third-order valence-electron chi connectivity index (χ3n) is 1.74. The largest absolute Gasteiger partial charge is 0.394 e. The SMILES string of the molecule is CC(CO)N/N=C1\CCCSC1. The molecule has 0 radical (unpaired) electrons. The number of hydrogen-bond donors (Lipinski definition) is 2. The summed E-state index contributed by atoms with van der Waals surface area (Å²) in [6.07, 6.45) is 2.34. The number of nitrogens with one attached hydrogen (secondary N) is 1. The number of aliphatic hydroxyl groups excluding tert-OH is 1. The van der Waals surface area contributed by atoms with Gasteiger partial charge in [-0.25, -0.2) is 0 Å². The van der Waals surface area contributed by atoms with Crippen molar-refractivity contribution in [2.75, 3.05) is 18.1 Å². The highest BCUT2D eigenvalue weighted by molar-refractivity contribution is 8.00. The van der Waals surface area contributed by atoms with Gasteiger partial charge in [-0.1, -0.05) is 0 Å². The number of thioether (sulfide) groups is 1. The average molecular weight is 188 g/mol. The minimum Gasteiger partial charge on any atom is -0.394 e. The zero-order chi connectivity index (χ0) is 8.81. The van der Waals surface area contributed by atoms with Crippen LogP contribution >= 0.6 is 11.8 Å². The van der Waals surface area contributed by atoms with Crippen molar-refractivity contribution in [3.8, 4) is 0 Å². The second kappa shape index (κ2) is 5.43. The van der Waals surface area contributed by atoms with Crippen molar-refractivity contribution in [3.63, 3.8) is 0 Å². The number of hydrazone groups is 1. The van der Waals surface area contributed by atoms with Crippen LogP contribution in [0.5, 0.6) is 0 Å². The Balaban J connectivity index is 2.24. The number of hydrogen-bond acceptors (Lipinski definition) is 4. The Kier molecular flexibility index (Phi) is 4.46. The molecule has 1 fully saturated rings. The summed E-state index contributed by atoms with van der Waals surface area (Å²) in [4.78, 5) is 0. The first-order chi connectivity index (χ1) is 5.83. The molecule has 1 aliphatic rings. The van der Waals surface area contributed by atoms with Crippen molar-refractivity contribution < 1.29 is 5.11 Å². The summed E-state index contributed by atoms with van der Waals surface area (Å²) in [6, 6.07) is 0.0735. The van der Waals surface area contributed by atoms with Gasteiger partial charge in [-0.05, 0) is 25.5 Å². The summed E-state index contributed by atoms with van der Waals surface area (Å²) in [5.74, 6) is 2.31. The van der Waals surface area contributed by atoms with Crippen LogP contribution in [0.2, 0.25) is 0 Å². The maximum absolute atomic E-state index is 8.73. The van der Waals surface area contributed by atoms with Gasteiger partial charge in [-0.2, -0.15) is 16.9 Å². The van der Waals surface area contributed by atoms with Gasteiger partial charge in [0.15, 0.2) is 0 Å². The Bertz CT molecular complexity index is 153. The van der Waals surface area contributed by atoms with Gasteiger partial charge >= 0.3 is 0 Å². The van der Waals surface area contributed by atoms with Crippen LogP contribution in [0.15, 0.2) is 5.10 Å². The average Bonchev–Trinajstić information content (AvgIpc) is 2.16. The van der Waals surface area contributed by atoms with Gasteiger partial charge in [0, 0.05) is 11.5 Å². The van der Waals surface area contributed by atoms with Crippen LogP contribution in [-0.4, -0.2) is 35.0 Å². The highest BCUT2D eigenvalue weighted by Gasteiger charge is 2.06. The highest BCUT2D eigenvalue weighted by atomic mass is 32.2. The molecule has 12 heavy (non-hydrogen) atoms. The lowest BCUT2D eigenvalue weighted by molar-refractivity contribution is 0.253. The molecule has 1 rings (SSSR count). The number of aliphatic hydroxyl groups is 1. The Morgan fingerprint density at radius 1 is 1.75 bits per heavy atom. The Labute approximate surface area is 77.6 Å². The molecule has 0 aromatic rings.